The van der Waals surface area contributed by atoms with E-state index in [0.717, 1.165) is 64.2 Å². The molecule has 1 rings (SSSR count). The fraction of sp³-hybridized carbons (Fsp3) is 1.00. The Labute approximate surface area is 215 Å². The van der Waals surface area contributed by atoms with Gasteiger partial charge in [0.05, 0.1) is 0 Å². The number of aliphatic hydroxyl groups is 2. The van der Waals surface area contributed by atoms with Crippen molar-refractivity contribution in [2.24, 2.45) is 0 Å². The van der Waals surface area contributed by atoms with Crippen molar-refractivity contribution in [3.63, 3.8) is 0 Å². The highest BCUT2D eigenvalue weighted by molar-refractivity contribution is 5.11. The molecule has 0 aromatic heterocycles. The maximum atomic E-state index is 12.2. The van der Waals surface area contributed by atoms with Crippen LogP contribution in [0.1, 0.15) is 105 Å². The summed E-state index contributed by atoms with van der Waals surface area (Å²) in [6, 6.07) is 0. The van der Waals surface area contributed by atoms with Crippen LogP contribution in [0.2, 0.25) is 0 Å². The van der Waals surface area contributed by atoms with Crippen molar-refractivity contribution < 1.29 is 33.9 Å². The molecule has 7 nitrogen and oxygen atoms in total. The fourth-order valence-electron chi connectivity index (χ4n) is 4.56. The summed E-state index contributed by atoms with van der Waals surface area (Å²) < 4.78 is 32.1. The monoisotopic (exact) mass is 504 g/mol. The van der Waals surface area contributed by atoms with Gasteiger partial charge >= 0.3 is 0 Å². The number of aliphatic hydroxyl groups excluding tert-OH is 1. The fourth-order valence-corrected chi connectivity index (χ4v) is 4.56. The first kappa shape index (κ1) is 32.7. The smallest absolute Gasteiger partial charge is 0.124 e. The van der Waals surface area contributed by atoms with Crippen LogP contribution in [0.3, 0.4) is 0 Å². The quantitative estimate of drug-likeness (QED) is 0.200. The Morgan fingerprint density at radius 2 is 0.829 bits per heavy atom. The van der Waals surface area contributed by atoms with Crippen LogP contribution >= 0.6 is 0 Å². The lowest BCUT2D eigenvalue weighted by molar-refractivity contribution is -0.311. The van der Waals surface area contributed by atoms with Crippen LogP contribution in [0.15, 0.2) is 0 Å². The van der Waals surface area contributed by atoms with Crippen LogP contribution in [0.25, 0.3) is 0 Å². The number of ether oxygens (including phenoxy) is 5. The van der Waals surface area contributed by atoms with Crippen molar-refractivity contribution >= 4 is 0 Å². The molecule has 3 unspecified atom stereocenters. The second-order valence-electron chi connectivity index (χ2n) is 9.82. The summed E-state index contributed by atoms with van der Waals surface area (Å²) in [7, 11) is 0. The molecule has 0 aliphatic heterocycles. The lowest BCUT2D eigenvalue weighted by Crippen LogP contribution is -2.73. The Hall–Kier alpha value is -0.280. The summed E-state index contributed by atoms with van der Waals surface area (Å²) in [5.74, 6) is 0. The molecule has 1 aliphatic carbocycles. The van der Waals surface area contributed by atoms with Gasteiger partial charge in [0.25, 0.3) is 0 Å². The van der Waals surface area contributed by atoms with E-state index in [0.29, 0.717) is 33.0 Å². The minimum Gasteiger partial charge on any atom is -0.396 e. The summed E-state index contributed by atoms with van der Waals surface area (Å²) >= 11 is 0. The summed E-state index contributed by atoms with van der Waals surface area (Å²) in [4.78, 5) is 0. The molecule has 7 heteroatoms. The first-order chi connectivity index (χ1) is 17.0. The van der Waals surface area contributed by atoms with Crippen LogP contribution in [0.5, 0.6) is 0 Å². The molecule has 0 heterocycles. The average Bonchev–Trinajstić information content (AvgIpc) is 2.84. The number of rotatable bonds is 22. The average molecular weight is 505 g/mol. The summed E-state index contributed by atoms with van der Waals surface area (Å²) in [6.07, 6.45) is 6.87. The Morgan fingerprint density at radius 3 is 1.14 bits per heavy atom. The van der Waals surface area contributed by atoms with Gasteiger partial charge in [-0.1, -0.05) is 66.7 Å². The largest absolute Gasteiger partial charge is 0.396 e. The Balaban J connectivity index is 3.45. The van der Waals surface area contributed by atoms with Crippen molar-refractivity contribution in [2.45, 2.75) is 141 Å². The molecule has 1 saturated carbocycles. The minimum absolute atomic E-state index is 0.129. The highest BCUT2D eigenvalue weighted by Gasteiger charge is 2.61. The topological polar surface area (TPSA) is 86.6 Å². The summed E-state index contributed by atoms with van der Waals surface area (Å²) in [5.41, 5.74) is -1.45. The molecule has 0 spiro atoms. The number of hydrogen-bond acceptors (Lipinski definition) is 7. The molecule has 0 aromatic carbocycles. The second-order valence-corrected chi connectivity index (χ2v) is 9.82. The molecule has 35 heavy (non-hydrogen) atoms. The van der Waals surface area contributed by atoms with Crippen molar-refractivity contribution in [1.82, 2.24) is 0 Å². The van der Waals surface area contributed by atoms with Crippen molar-refractivity contribution in [1.29, 1.82) is 0 Å². The van der Waals surface area contributed by atoms with E-state index in [1.807, 2.05) is 0 Å². The summed E-state index contributed by atoms with van der Waals surface area (Å²) in [5, 5.41) is 22.2. The van der Waals surface area contributed by atoms with Gasteiger partial charge in [0.1, 0.15) is 36.1 Å². The van der Waals surface area contributed by atoms with Gasteiger partial charge in [0.2, 0.25) is 0 Å². The molecule has 6 atom stereocenters. The Morgan fingerprint density at radius 1 is 0.514 bits per heavy atom. The molecule has 2 N–H and O–H groups in total. The molecule has 0 bridgehead atoms. The van der Waals surface area contributed by atoms with Gasteiger partial charge in [0, 0.05) is 46.1 Å². The molecule has 1 fully saturated rings. The van der Waals surface area contributed by atoms with E-state index in [9.17, 15) is 10.2 Å². The normalized spacial score (nSPS) is 29.1. The minimum atomic E-state index is -1.45. The number of unbranched alkanes of at least 4 members (excludes halogenated alkanes) is 5. The molecular weight excluding hydrogens is 448 g/mol. The van der Waals surface area contributed by atoms with Gasteiger partial charge in [-0.15, -0.1) is 0 Å². The zero-order chi connectivity index (χ0) is 25.9. The Kier molecular flexibility index (Phi) is 18.5. The van der Waals surface area contributed by atoms with Crippen molar-refractivity contribution in [3.8, 4) is 0 Å². The van der Waals surface area contributed by atoms with Gasteiger partial charge in [-0.2, -0.15) is 0 Å². The molecule has 0 saturated heterocycles. The lowest BCUT2D eigenvalue weighted by atomic mass is 9.72. The molecule has 0 amide bonds. The number of hydrogen-bond donors (Lipinski definition) is 2. The second kappa shape index (κ2) is 19.8. The van der Waals surface area contributed by atoms with Crippen LogP contribution < -0.4 is 0 Å². The summed E-state index contributed by atoms with van der Waals surface area (Å²) in [6.45, 7) is 13.2. The van der Waals surface area contributed by atoms with E-state index >= 15 is 0 Å². The van der Waals surface area contributed by atoms with Crippen LogP contribution in [-0.2, 0) is 23.7 Å². The van der Waals surface area contributed by atoms with E-state index in [-0.39, 0.29) is 13.0 Å². The van der Waals surface area contributed by atoms with Crippen molar-refractivity contribution in [2.75, 3.05) is 39.6 Å². The van der Waals surface area contributed by atoms with Crippen LogP contribution in [-0.4, -0.2) is 86.0 Å². The maximum Gasteiger partial charge on any atom is 0.124 e. The van der Waals surface area contributed by atoms with Gasteiger partial charge in [0.15, 0.2) is 0 Å². The third-order valence-corrected chi connectivity index (χ3v) is 6.76. The predicted molar refractivity (Wildman–Crippen MR) is 140 cm³/mol. The van der Waals surface area contributed by atoms with E-state index in [1.165, 1.54) is 0 Å². The third-order valence-electron chi connectivity index (χ3n) is 6.76. The zero-order valence-electron chi connectivity index (χ0n) is 23.3. The van der Waals surface area contributed by atoms with E-state index < -0.39 is 36.1 Å². The molecule has 0 radical (unpaired) electrons. The van der Waals surface area contributed by atoms with E-state index in [1.54, 1.807) is 0 Å². The van der Waals surface area contributed by atoms with Crippen LogP contribution in [0.4, 0.5) is 0 Å². The molecular formula is C28H56O7. The van der Waals surface area contributed by atoms with Gasteiger partial charge in [-0.3, -0.25) is 0 Å². The van der Waals surface area contributed by atoms with E-state index in [2.05, 4.69) is 34.6 Å². The Bertz CT molecular complexity index is 458. The van der Waals surface area contributed by atoms with Gasteiger partial charge in [-0.25, -0.2) is 0 Å². The van der Waals surface area contributed by atoms with Crippen LogP contribution in [0, 0.1) is 0 Å². The van der Waals surface area contributed by atoms with Gasteiger partial charge in [-0.05, 0) is 32.1 Å². The molecule has 210 valence electrons. The lowest BCUT2D eigenvalue weighted by Gasteiger charge is -2.54. The first-order valence-corrected chi connectivity index (χ1v) is 14.5. The first-order valence-electron chi connectivity index (χ1n) is 14.5. The molecule has 1 aliphatic rings. The SMILES string of the molecule is CCCCOC1C(OCCCC)[C@](O)(CCO)[C@@H](OCCCC)C(OCCCC)[C@H]1OCCCC. The molecule has 0 aromatic rings. The standard InChI is InChI=1S/C28H56O7/c1-6-11-18-31-23-24(32-19-12-7-2)26(34-21-14-9-4)28(30,16-17-29)27(35-22-15-10-5)25(23)33-20-13-8-3/h23-27,29-30H,6-22H2,1-5H3/t23-,24?,25?,26+,27?,28+/m1/s1. The van der Waals surface area contributed by atoms with E-state index in [4.69, 9.17) is 23.7 Å². The zero-order valence-corrected chi connectivity index (χ0v) is 23.3. The predicted octanol–water partition coefficient (Wildman–Crippen LogP) is 5.04. The van der Waals surface area contributed by atoms with Gasteiger partial charge < -0.3 is 33.9 Å². The highest BCUT2D eigenvalue weighted by Crippen LogP contribution is 2.41. The van der Waals surface area contributed by atoms with Crippen molar-refractivity contribution in [3.05, 3.63) is 0 Å². The maximum absolute atomic E-state index is 12.2. The third kappa shape index (κ3) is 10.5. The highest BCUT2D eigenvalue weighted by atomic mass is 16.6.